The number of sulfonamides is 1. The van der Waals surface area contributed by atoms with E-state index in [-0.39, 0.29) is 24.7 Å². The number of alkyl halides is 3. The minimum absolute atomic E-state index is 0.0590. The monoisotopic (exact) mass is 324 g/mol. The van der Waals surface area contributed by atoms with Crippen molar-refractivity contribution in [1.82, 2.24) is 5.32 Å². The van der Waals surface area contributed by atoms with Crippen molar-refractivity contribution in [1.29, 1.82) is 0 Å². The van der Waals surface area contributed by atoms with Crippen molar-refractivity contribution in [3.05, 3.63) is 29.8 Å². The Morgan fingerprint density at radius 3 is 2.14 bits per heavy atom. The standard InChI is InChI=1S/C12H15F3N2O3S/c1-9(18)16-7-8-17(21(2,19)20)11-5-3-10(4-6-11)12(13,14)15/h3-6H,7-8H2,1-2H3,(H,16,18). The summed E-state index contributed by atoms with van der Waals surface area (Å²) in [5, 5.41) is 2.43. The van der Waals surface area contributed by atoms with Crippen LogP contribution in [0.4, 0.5) is 18.9 Å². The number of amides is 1. The average molecular weight is 324 g/mol. The zero-order valence-electron chi connectivity index (χ0n) is 11.4. The SMILES string of the molecule is CC(=O)NCCN(c1ccc(C(F)(F)F)cc1)S(C)(=O)=O. The lowest BCUT2D eigenvalue weighted by molar-refractivity contribution is -0.137. The molecule has 5 nitrogen and oxygen atoms in total. The lowest BCUT2D eigenvalue weighted by Gasteiger charge is -2.22. The number of carbonyl (C=O) groups is 1. The lowest BCUT2D eigenvalue weighted by Crippen LogP contribution is -2.37. The summed E-state index contributed by atoms with van der Waals surface area (Å²) in [6.45, 7) is 1.27. The normalized spacial score (nSPS) is 12.0. The van der Waals surface area contributed by atoms with Crippen LogP contribution in [0.15, 0.2) is 24.3 Å². The predicted octanol–water partition coefficient (Wildman–Crippen LogP) is 1.61. The summed E-state index contributed by atoms with van der Waals surface area (Å²) >= 11 is 0. The van der Waals surface area contributed by atoms with Gasteiger partial charge in [-0.2, -0.15) is 13.2 Å². The first-order chi connectivity index (χ1) is 9.51. The summed E-state index contributed by atoms with van der Waals surface area (Å²) in [5.41, 5.74) is -0.752. The molecular formula is C12H15F3N2O3S. The van der Waals surface area contributed by atoms with Gasteiger partial charge in [-0.3, -0.25) is 9.10 Å². The molecule has 118 valence electrons. The third-order valence-electron chi connectivity index (χ3n) is 2.57. The van der Waals surface area contributed by atoms with Crippen molar-refractivity contribution in [2.45, 2.75) is 13.1 Å². The minimum Gasteiger partial charge on any atom is -0.355 e. The van der Waals surface area contributed by atoms with Crippen LogP contribution in [0.5, 0.6) is 0 Å². The Labute approximate surface area is 120 Å². The molecular weight excluding hydrogens is 309 g/mol. The van der Waals surface area contributed by atoms with Crippen molar-refractivity contribution in [2.24, 2.45) is 0 Å². The molecule has 0 unspecified atom stereocenters. The largest absolute Gasteiger partial charge is 0.416 e. The second kappa shape index (κ2) is 6.33. The van der Waals surface area contributed by atoms with Gasteiger partial charge in [-0.1, -0.05) is 0 Å². The van der Waals surface area contributed by atoms with Crippen LogP contribution in [-0.2, 0) is 21.0 Å². The fourth-order valence-electron chi connectivity index (χ4n) is 1.64. The molecule has 0 aromatic heterocycles. The van der Waals surface area contributed by atoms with Crippen LogP contribution in [0, 0.1) is 0 Å². The predicted molar refractivity (Wildman–Crippen MR) is 72.3 cm³/mol. The first-order valence-corrected chi connectivity index (χ1v) is 7.76. The molecule has 1 N–H and O–H groups in total. The van der Waals surface area contributed by atoms with Crippen LogP contribution in [0.1, 0.15) is 12.5 Å². The number of hydrogen-bond donors (Lipinski definition) is 1. The van der Waals surface area contributed by atoms with Gasteiger partial charge in [0.05, 0.1) is 24.1 Å². The maximum atomic E-state index is 12.5. The van der Waals surface area contributed by atoms with E-state index in [9.17, 15) is 26.4 Å². The molecule has 0 saturated carbocycles. The van der Waals surface area contributed by atoms with Crippen molar-refractivity contribution in [3.63, 3.8) is 0 Å². The van der Waals surface area contributed by atoms with E-state index in [0.717, 1.165) is 34.8 Å². The lowest BCUT2D eigenvalue weighted by atomic mass is 10.2. The van der Waals surface area contributed by atoms with Gasteiger partial charge < -0.3 is 5.32 Å². The van der Waals surface area contributed by atoms with Crippen molar-refractivity contribution in [2.75, 3.05) is 23.7 Å². The fraction of sp³-hybridized carbons (Fsp3) is 0.417. The van der Waals surface area contributed by atoms with Gasteiger partial charge in [0.15, 0.2) is 0 Å². The van der Waals surface area contributed by atoms with Gasteiger partial charge in [-0.25, -0.2) is 8.42 Å². The molecule has 1 rings (SSSR count). The number of hydrogen-bond acceptors (Lipinski definition) is 3. The van der Waals surface area contributed by atoms with Gasteiger partial charge in [0, 0.05) is 13.5 Å². The van der Waals surface area contributed by atoms with Gasteiger partial charge >= 0.3 is 6.18 Å². The van der Waals surface area contributed by atoms with Gasteiger partial charge in [-0.15, -0.1) is 0 Å². The van der Waals surface area contributed by atoms with E-state index in [4.69, 9.17) is 0 Å². The molecule has 0 heterocycles. The van der Waals surface area contributed by atoms with E-state index in [1.165, 1.54) is 6.92 Å². The highest BCUT2D eigenvalue weighted by atomic mass is 32.2. The maximum Gasteiger partial charge on any atom is 0.416 e. The highest BCUT2D eigenvalue weighted by Crippen LogP contribution is 2.30. The third-order valence-corrected chi connectivity index (χ3v) is 3.77. The molecule has 1 amide bonds. The Morgan fingerprint density at radius 1 is 1.24 bits per heavy atom. The summed E-state index contributed by atoms with van der Waals surface area (Å²) in [5.74, 6) is -0.323. The van der Waals surface area contributed by atoms with Crippen LogP contribution in [-0.4, -0.2) is 33.7 Å². The van der Waals surface area contributed by atoms with E-state index < -0.39 is 21.8 Å². The molecule has 0 aliphatic rings. The molecule has 9 heteroatoms. The molecule has 21 heavy (non-hydrogen) atoms. The number of carbonyl (C=O) groups excluding carboxylic acids is 1. The smallest absolute Gasteiger partial charge is 0.355 e. The molecule has 0 fully saturated rings. The number of nitrogens with one attached hydrogen (secondary N) is 1. The summed E-state index contributed by atoms with van der Waals surface area (Å²) in [7, 11) is -3.66. The van der Waals surface area contributed by atoms with Crippen LogP contribution in [0.2, 0.25) is 0 Å². The van der Waals surface area contributed by atoms with Crippen LogP contribution < -0.4 is 9.62 Å². The Balaban J connectivity index is 2.97. The number of halogens is 3. The highest BCUT2D eigenvalue weighted by molar-refractivity contribution is 7.92. The second-order valence-electron chi connectivity index (χ2n) is 4.36. The van der Waals surface area contributed by atoms with Gasteiger partial charge in [0.1, 0.15) is 0 Å². The summed E-state index contributed by atoms with van der Waals surface area (Å²) in [6.07, 6.45) is -3.54. The number of benzene rings is 1. The molecule has 1 aromatic carbocycles. The van der Waals surface area contributed by atoms with E-state index in [2.05, 4.69) is 5.32 Å². The number of anilines is 1. The van der Waals surface area contributed by atoms with Crippen molar-refractivity contribution in [3.8, 4) is 0 Å². The molecule has 1 aromatic rings. The zero-order valence-corrected chi connectivity index (χ0v) is 12.3. The summed E-state index contributed by atoms with van der Waals surface area (Å²) < 4.78 is 61.7. The van der Waals surface area contributed by atoms with Crippen LogP contribution >= 0.6 is 0 Å². The van der Waals surface area contributed by atoms with Gasteiger partial charge in [0.25, 0.3) is 0 Å². The van der Waals surface area contributed by atoms with Crippen molar-refractivity contribution < 1.29 is 26.4 Å². The number of rotatable bonds is 5. The van der Waals surface area contributed by atoms with Gasteiger partial charge in [0.2, 0.25) is 15.9 Å². The second-order valence-corrected chi connectivity index (χ2v) is 6.27. The highest BCUT2D eigenvalue weighted by Gasteiger charge is 2.30. The molecule has 0 saturated heterocycles. The average Bonchev–Trinajstić information content (AvgIpc) is 2.32. The first-order valence-electron chi connectivity index (χ1n) is 5.91. The summed E-state index contributed by atoms with van der Waals surface area (Å²) in [6, 6.07) is 3.78. The molecule has 0 spiro atoms. The van der Waals surface area contributed by atoms with Crippen LogP contribution in [0.3, 0.4) is 0 Å². The first kappa shape index (κ1) is 17.3. The zero-order chi connectivity index (χ0) is 16.3. The van der Waals surface area contributed by atoms with E-state index in [0.29, 0.717) is 0 Å². The quantitative estimate of drug-likeness (QED) is 0.895. The van der Waals surface area contributed by atoms with Gasteiger partial charge in [-0.05, 0) is 24.3 Å². The van der Waals surface area contributed by atoms with E-state index in [1.54, 1.807) is 0 Å². The summed E-state index contributed by atoms with van der Waals surface area (Å²) in [4.78, 5) is 10.8. The molecule has 0 aliphatic heterocycles. The molecule has 0 bridgehead atoms. The molecule has 0 aliphatic carbocycles. The fourth-order valence-corrected chi connectivity index (χ4v) is 2.56. The third kappa shape index (κ3) is 5.25. The van der Waals surface area contributed by atoms with E-state index >= 15 is 0 Å². The Hall–Kier alpha value is -1.77. The molecule has 0 atom stereocenters. The Morgan fingerprint density at radius 2 is 1.76 bits per heavy atom. The number of nitrogens with zero attached hydrogens (tertiary/aromatic N) is 1. The maximum absolute atomic E-state index is 12.5. The Kier molecular flexibility index (Phi) is 5.21. The molecule has 0 radical (unpaired) electrons. The van der Waals surface area contributed by atoms with E-state index in [1.807, 2.05) is 0 Å². The topological polar surface area (TPSA) is 66.5 Å². The minimum atomic E-state index is -4.48. The Bertz CT molecular complexity index is 597. The van der Waals surface area contributed by atoms with Crippen molar-refractivity contribution >= 4 is 21.6 Å². The van der Waals surface area contributed by atoms with Crippen LogP contribution in [0.25, 0.3) is 0 Å².